The van der Waals surface area contributed by atoms with E-state index in [-0.39, 0.29) is 11.6 Å². The van der Waals surface area contributed by atoms with Gasteiger partial charge in [0.05, 0.1) is 5.39 Å². The number of aromatic nitrogens is 3. The standard InChI is InChI=1S/C25H29N5O3/c31-24(18-6-2-1-3-7-18)29-14-11-17(12-15-29)19-8-4-9-20(16-19)27-22-21-10-5-13-26-23(21)30(33)25(32)28-22/h4-5,8-10,13,16-18,33H,1-3,6-7,11-12,14-15H2,(H,27,28,32). The Morgan fingerprint density at radius 2 is 1.82 bits per heavy atom. The highest BCUT2D eigenvalue weighted by Crippen LogP contribution is 2.33. The van der Waals surface area contributed by atoms with Gasteiger partial charge in [0.25, 0.3) is 0 Å². The highest BCUT2D eigenvalue weighted by molar-refractivity contribution is 5.88. The number of nitrogens with one attached hydrogen (secondary N) is 1. The Balaban J connectivity index is 1.29. The van der Waals surface area contributed by atoms with Crippen molar-refractivity contribution in [2.75, 3.05) is 18.4 Å². The summed E-state index contributed by atoms with van der Waals surface area (Å²) in [6.07, 6.45) is 9.14. The van der Waals surface area contributed by atoms with Crippen LogP contribution < -0.4 is 11.0 Å². The quantitative estimate of drug-likeness (QED) is 0.585. The van der Waals surface area contributed by atoms with Gasteiger partial charge in [0, 0.05) is 30.9 Å². The van der Waals surface area contributed by atoms with E-state index in [1.54, 1.807) is 12.1 Å². The molecule has 0 radical (unpaired) electrons. The highest BCUT2D eigenvalue weighted by atomic mass is 16.5. The summed E-state index contributed by atoms with van der Waals surface area (Å²) in [6.45, 7) is 1.62. The average molecular weight is 448 g/mol. The van der Waals surface area contributed by atoms with Crippen molar-refractivity contribution in [3.8, 4) is 0 Å². The van der Waals surface area contributed by atoms with Gasteiger partial charge in [-0.15, -0.1) is 4.73 Å². The number of piperidine rings is 1. The van der Waals surface area contributed by atoms with Crippen LogP contribution in [0.3, 0.4) is 0 Å². The fourth-order valence-electron chi connectivity index (χ4n) is 5.19. The van der Waals surface area contributed by atoms with Crippen molar-refractivity contribution in [3.63, 3.8) is 0 Å². The van der Waals surface area contributed by atoms with Gasteiger partial charge < -0.3 is 15.4 Å². The van der Waals surface area contributed by atoms with E-state index < -0.39 is 5.69 Å². The van der Waals surface area contributed by atoms with Crippen molar-refractivity contribution in [2.45, 2.75) is 50.9 Å². The molecule has 2 fully saturated rings. The van der Waals surface area contributed by atoms with Crippen molar-refractivity contribution in [1.29, 1.82) is 0 Å². The molecule has 3 aromatic rings. The summed E-state index contributed by atoms with van der Waals surface area (Å²) >= 11 is 0. The summed E-state index contributed by atoms with van der Waals surface area (Å²) in [5.74, 6) is 1.33. The van der Waals surface area contributed by atoms with Crippen LogP contribution in [0.1, 0.15) is 56.4 Å². The molecule has 0 atom stereocenters. The second-order valence-electron chi connectivity index (χ2n) is 9.11. The molecule has 0 bridgehead atoms. The van der Waals surface area contributed by atoms with Crippen LogP contribution in [0, 0.1) is 5.92 Å². The van der Waals surface area contributed by atoms with Gasteiger partial charge in [-0.05, 0) is 61.4 Å². The first kappa shape index (κ1) is 21.4. The normalized spacial score (nSPS) is 17.9. The summed E-state index contributed by atoms with van der Waals surface area (Å²) in [7, 11) is 0. The number of fused-ring (bicyclic) bond motifs is 1. The predicted molar refractivity (Wildman–Crippen MR) is 126 cm³/mol. The SMILES string of the molecule is O=C(C1CCCCC1)N1CCC(c2cccc(Nc3nc(=O)n(O)c4ncccc34)c2)CC1. The van der Waals surface area contributed by atoms with Crippen molar-refractivity contribution in [3.05, 3.63) is 58.6 Å². The zero-order valence-corrected chi connectivity index (χ0v) is 18.6. The van der Waals surface area contributed by atoms with Crippen molar-refractivity contribution >= 4 is 28.4 Å². The molecular formula is C25H29N5O3. The van der Waals surface area contributed by atoms with Gasteiger partial charge in [-0.3, -0.25) is 4.79 Å². The van der Waals surface area contributed by atoms with Gasteiger partial charge >= 0.3 is 5.69 Å². The third kappa shape index (κ3) is 4.42. The second-order valence-corrected chi connectivity index (χ2v) is 9.11. The largest absolute Gasteiger partial charge is 0.422 e. The highest BCUT2D eigenvalue weighted by Gasteiger charge is 2.29. The number of likely N-dealkylation sites (tertiary alicyclic amines) is 1. The maximum Gasteiger partial charge on any atom is 0.384 e. The molecular weight excluding hydrogens is 418 g/mol. The van der Waals surface area contributed by atoms with Gasteiger partial charge in [0.1, 0.15) is 5.82 Å². The number of benzene rings is 1. The van der Waals surface area contributed by atoms with E-state index in [4.69, 9.17) is 0 Å². The van der Waals surface area contributed by atoms with Crippen LogP contribution in [0.4, 0.5) is 11.5 Å². The van der Waals surface area contributed by atoms with Gasteiger partial charge in [-0.2, -0.15) is 4.98 Å². The monoisotopic (exact) mass is 447 g/mol. The van der Waals surface area contributed by atoms with Crippen LogP contribution in [-0.4, -0.2) is 43.8 Å². The van der Waals surface area contributed by atoms with Gasteiger partial charge in [0.2, 0.25) is 5.91 Å². The van der Waals surface area contributed by atoms with E-state index in [2.05, 4.69) is 32.3 Å². The Bertz CT molecular complexity index is 1210. The Labute approximate surface area is 192 Å². The molecule has 1 aliphatic heterocycles. The van der Waals surface area contributed by atoms with Crippen molar-refractivity contribution in [1.82, 2.24) is 19.6 Å². The van der Waals surface area contributed by atoms with Crippen LogP contribution in [0.25, 0.3) is 11.0 Å². The number of carbonyl (C=O) groups excluding carboxylic acids is 1. The fraction of sp³-hybridized carbons (Fsp3) is 0.440. The number of rotatable bonds is 4. The van der Waals surface area contributed by atoms with Crippen molar-refractivity contribution < 1.29 is 10.0 Å². The molecule has 2 N–H and O–H groups in total. The van der Waals surface area contributed by atoms with Gasteiger partial charge in [0.15, 0.2) is 5.65 Å². The predicted octanol–water partition coefficient (Wildman–Crippen LogP) is 4.06. The Hall–Kier alpha value is -3.42. The lowest BCUT2D eigenvalue weighted by Gasteiger charge is -2.35. The van der Waals surface area contributed by atoms with E-state index in [1.165, 1.54) is 31.0 Å². The summed E-state index contributed by atoms with van der Waals surface area (Å²) < 4.78 is 0.458. The lowest BCUT2D eigenvalue weighted by Crippen LogP contribution is -2.41. The number of carbonyl (C=O) groups is 1. The van der Waals surface area contributed by atoms with E-state index in [0.29, 0.717) is 27.8 Å². The molecule has 172 valence electrons. The molecule has 8 heteroatoms. The first-order chi connectivity index (χ1) is 16.1. The molecule has 1 aliphatic carbocycles. The van der Waals surface area contributed by atoms with Crippen LogP contribution in [0.5, 0.6) is 0 Å². The van der Waals surface area contributed by atoms with E-state index >= 15 is 0 Å². The van der Waals surface area contributed by atoms with E-state index in [9.17, 15) is 14.8 Å². The molecule has 1 amide bonds. The summed E-state index contributed by atoms with van der Waals surface area (Å²) in [5.41, 5.74) is 1.41. The zero-order chi connectivity index (χ0) is 22.8. The third-order valence-corrected chi connectivity index (χ3v) is 7.01. The van der Waals surface area contributed by atoms with Crippen LogP contribution >= 0.6 is 0 Å². The number of hydrogen-bond donors (Lipinski definition) is 2. The minimum atomic E-state index is -0.783. The Morgan fingerprint density at radius 1 is 1.03 bits per heavy atom. The molecule has 33 heavy (non-hydrogen) atoms. The number of amides is 1. The average Bonchev–Trinajstić information content (AvgIpc) is 2.87. The lowest BCUT2D eigenvalue weighted by atomic mass is 9.86. The molecule has 1 saturated carbocycles. The smallest absolute Gasteiger partial charge is 0.384 e. The molecule has 1 aromatic carbocycles. The Kier molecular flexibility index (Phi) is 5.98. The minimum Gasteiger partial charge on any atom is -0.422 e. The second kappa shape index (κ2) is 9.21. The number of anilines is 2. The van der Waals surface area contributed by atoms with Gasteiger partial charge in [-0.25, -0.2) is 9.78 Å². The van der Waals surface area contributed by atoms with E-state index in [1.807, 2.05) is 12.1 Å². The molecule has 1 saturated heterocycles. The molecule has 5 rings (SSSR count). The molecule has 2 aliphatic rings. The van der Waals surface area contributed by atoms with Gasteiger partial charge in [-0.1, -0.05) is 31.4 Å². The molecule has 3 heterocycles. The maximum absolute atomic E-state index is 12.9. The molecule has 0 spiro atoms. The lowest BCUT2D eigenvalue weighted by molar-refractivity contribution is -0.137. The first-order valence-electron chi connectivity index (χ1n) is 11.8. The molecule has 0 unspecified atom stereocenters. The Morgan fingerprint density at radius 3 is 2.61 bits per heavy atom. The molecule has 2 aromatic heterocycles. The summed E-state index contributed by atoms with van der Waals surface area (Å²) in [4.78, 5) is 35.1. The molecule has 8 nitrogen and oxygen atoms in total. The minimum absolute atomic E-state index is 0.158. The number of pyridine rings is 1. The number of hydrogen-bond acceptors (Lipinski definition) is 6. The van der Waals surface area contributed by atoms with Crippen LogP contribution in [-0.2, 0) is 4.79 Å². The van der Waals surface area contributed by atoms with Crippen LogP contribution in [0.2, 0.25) is 0 Å². The van der Waals surface area contributed by atoms with Crippen LogP contribution in [0.15, 0.2) is 47.4 Å². The summed E-state index contributed by atoms with van der Waals surface area (Å²) in [6, 6.07) is 11.6. The number of nitrogens with zero attached hydrogens (tertiary/aromatic N) is 4. The first-order valence-corrected chi connectivity index (χ1v) is 11.8. The topological polar surface area (TPSA) is 100 Å². The van der Waals surface area contributed by atoms with E-state index in [0.717, 1.165) is 44.5 Å². The zero-order valence-electron chi connectivity index (χ0n) is 18.6. The fourth-order valence-corrected chi connectivity index (χ4v) is 5.19. The summed E-state index contributed by atoms with van der Waals surface area (Å²) in [5, 5.41) is 13.7. The maximum atomic E-state index is 12.9. The third-order valence-electron chi connectivity index (χ3n) is 7.01. The van der Waals surface area contributed by atoms with Crippen molar-refractivity contribution in [2.24, 2.45) is 5.92 Å².